The Labute approximate surface area is 246 Å². The molecule has 221 valence electrons. The van der Waals surface area contributed by atoms with E-state index in [1.807, 2.05) is 37.8 Å². The first-order valence-electron chi connectivity index (χ1n) is 14.6. The Morgan fingerprint density at radius 3 is 2.24 bits per heavy atom. The summed E-state index contributed by atoms with van der Waals surface area (Å²) in [7, 11) is 0. The fraction of sp³-hybridized carbons (Fsp3) is 0.581. The lowest BCUT2D eigenvalue weighted by molar-refractivity contribution is -0.126. The smallest absolute Gasteiger partial charge is 0.257 e. The number of hydrogen-bond donors (Lipinski definition) is 0. The topological polar surface area (TPSA) is 69.6 Å². The molecule has 10 heteroatoms. The van der Waals surface area contributed by atoms with Crippen molar-refractivity contribution in [3.8, 4) is 0 Å². The number of rotatable bonds is 7. The van der Waals surface area contributed by atoms with E-state index in [4.69, 9.17) is 11.6 Å². The SMILES string of the molecule is [CH2]c1nc(C)c(C(=O)N2CC3CN(CCCN(C(=O)C4CCC(F)(F)CC4)c4ccc(C)c(Cl)c4)CC3C2)c(C)n1. The van der Waals surface area contributed by atoms with Gasteiger partial charge in [0.2, 0.25) is 11.8 Å². The van der Waals surface area contributed by atoms with Crippen molar-refractivity contribution in [3.63, 3.8) is 0 Å². The molecule has 2 aromatic rings. The van der Waals surface area contributed by atoms with Crippen molar-refractivity contribution in [2.45, 2.75) is 58.8 Å². The summed E-state index contributed by atoms with van der Waals surface area (Å²) in [5, 5.41) is 0.584. The van der Waals surface area contributed by atoms with Crippen LogP contribution in [-0.2, 0) is 4.79 Å². The lowest BCUT2D eigenvalue weighted by Crippen LogP contribution is -2.41. The van der Waals surface area contributed by atoms with Crippen LogP contribution in [0.2, 0.25) is 5.02 Å². The molecule has 2 amide bonds. The molecule has 1 radical (unpaired) electrons. The van der Waals surface area contributed by atoms with Gasteiger partial charge in [0.1, 0.15) is 5.82 Å². The van der Waals surface area contributed by atoms with Gasteiger partial charge in [0.25, 0.3) is 5.91 Å². The molecule has 1 aromatic heterocycles. The highest BCUT2D eigenvalue weighted by molar-refractivity contribution is 6.31. The third kappa shape index (κ3) is 6.56. The lowest BCUT2D eigenvalue weighted by Gasteiger charge is -2.32. The first-order valence-corrected chi connectivity index (χ1v) is 14.9. The molecule has 0 N–H and O–H groups in total. The average Bonchev–Trinajstić information content (AvgIpc) is 3.46. The molecular formula is C31H39ClF2N5O2. The van der Waals surface area contributed by atoms with Gasteiger partial charge in [-0.2, -0.15) is 0 Å². The molecule has 3 fully saturated rings. The Morgan fingerprint density at radius 2 is 1.66 bits per heavy atom. The van der Waals surface area contributed by atoms with Gasteiger partial charge in [-0.05, 0) is 76.1 Å². The zero-order valence-electron chi connectivity index (χ0n) is 24.1. The van der Waals surface area contributed by atoms with Crippen LogP contribution >= 0.6 is 11.6 Å². The van der Waals surface area contributed by atoms with Gasteiger partial charge < -0.3 is 14.7 Å². The van der Waals surface area contributed by atoms with E-state index in [2.05, 4.69) is 21.8 Å². The van der Waals surface area contributed by atoms with Crippen molar-refractivity contribution in [3.05, 3.63) is 58.5 Å². The molecule has 7 nitrogen and oxygen atoms in total. The van der Waals surface area contributed by atoms with Crippen LogP contribution in [0.4, 0.5) is 14.5 Å². The Hall–Kier alpha value is -2.65. The minimum atomic E-state index is -2.67. The number of benzene rings is 1. The summed E-state index contributed by atoms with van der Waals surface area (Å²) in [6.45, 7) is 13.9. The number of aryl methyl sites for hydroxylation is 3. The van der Waals surface area contributed by atoms with Crippen LogP contribution in [0.3, 0.4) is 0 Å². The van der Waals surface area contributed by atoms with Crippen LogP contribution < -0.4 is 4.90 Å². The first-order chi connectivity index (χ1) is 19.4. The molecule has 1 aliphatic carbocycles. The van der Waals surface area contributed by atoms with Crippen molar-refractivity contribution in [1.29, 1.82) is 0 Å². The highest BCUT2D eigenvalue weighted by atomic mass is 35.5. The molecule has 2 unspecified atom stereocenters. The lowest BCUT2D eigenvalue weighted by atomic mass is 9.85. The van der Waals surface area contributed by atoms with Gasteiger partial charge in [-0.3, -0.25) is 9.59 Å². The van der Waals surface area contributed by atoms with E-state index in [9.17, 15) is 18.4 Å². The highest BCUT2D eigenvalue weighted by Crippen LogP contribution is 2.38. The van der Waals surface area contributed by atoms with Crippen molar-refractivity contribution >= 4 is 29.1 Å². The number of aromatic nitrogens is 2. The van der Waals surface area contributed by atoms with Crippen LogP contribution in [0.1, 0.15) is 65.2 Å². The minimum Gasteiger partial charge on any atom is -0.338 e. The molecule has 5 rings (SSSR count). The second-order valence-corrected chi connectivity index (χ2v) is 12.5. The van der Waals surface area contributed by atoms with Crippen LogP contribution in [0.5, 0.6) is 0 Å². The van der Waals surface area contributed by atoms with Crippen molar-refractivity contribution < 1.29 is 18.4 Å². The summed E-state index contributed by atoms with van der Waals surface area (Å²) in [5.41, 5.74) is 3.56. The molecule has 0 bridgehead atoms. The summed E-state index contributed by atoms with van der Waals surface area (Å²) in [5.74, 6) is -1.92. The van der Waals surface area contributed by atoms with E-state index in [0.717, 1.165) is 37.3 Å². The van der Waals surface area contributed by atoms with Gasteiger partial charge in [0.15, 0.2) is 0 Å². The molecule has 1 aromatic carbocycles. The van der Waals surface area contributed by atoms with E-state index in [0.29, 0.717) is 59.3 Å². The zero-order valence-corrected chi connectivity index (χ0v) is 24.9. The van der Waals surface area contributed by atoms with Gasteiger partial charge >= 0.3 is 0 Å². The van der Waals surface area contributed by atoms with Crippen molar-refractivity contribution in [2.24, 2.45) is 17.8 Å². The largest absolute Gasteiger partial charge is 0.338 e. The summed E-state index contributed by atoms with van der Waals surface area (Å²) in [6, 6.07) is 5.59. The van der Waals surface area contributed by atoms with Gasteiger partial charge in [-0.15, -0.1) is 0 Å². The number of carbonyl (C=O) groups excluding carboxylic acids is 2. The quantitative estimate of drug-likeness (QED) is 0.429. The molecule has 3 aliphatic rings. The van der Waals surface area contributed by atoms with Gasteiger partial charge in [0, 0.05) is 69.1 Å². The third-order valence-electron chi connectivity index (χ3n) is 9.04. The van der Waals surface area contributed by atoms with E-state index in [1.54, 1.807) is 11.0 Å². The van der Waals surface area contributed by atoms with Crippen LogP contribution in [-0.4, -0.2) is 76.8 Å². The second-order valence-electron chi connectivity index (χ2n) is 12.1. The monoisotopic (exact) mass is 586 g/mol. The highest BCUT2D eigenvalue weighted by Gasteiger charge is 2.42. The van der Waals surface area contributed by atoms with E-state index in [-0.39, 0.29) is 37.5 Å². The third-order valence-corrected chi connectivity index (χ3v) is 9.44. The Balaban J connectivity index is 1.17. The molecular weight excluding hydrogens is 548 g/mol. The minimum absolute atomic E-state index is 0.00709. The number of nitrogens with zero attached hydrogens (tertiary/aromatic N) is 5. The van der Waals surface area contributed by atoms with Crippen LogP contribution in [0.15, 0.2) is 18.2 Å². The molecule has 0 spiro atoms. The van der Waals surface area contributed by atoms with Crippen LogP contribution in [0, 0.1) is 45.4 Å². The maximum absolute atomic E-state index is 13.8. The number of alkyl halides is 2. The molecule has 2 atom stereocenters. The van der Waals surface area contributed by atoms with Crippen molar-refractivity contribution in [1.82, 2.24) is 19.8 Å². The fourth-order valence-electron chi connectivity index (χ4n) is 6.77. The number of hydrogen-bond acceptors (Lipinski definition) is 5. The Morgan fingerprint density at radius 1 is 1.05 bits per heavy atom. The van der Waals surface area contributed by atoms with Gasteiger partial charge in [-0.1, -0.05) is 17.7 Å². The fourth-order valence-corrected chi connectivity index (χ4v) is 6.94. The van der Waals surface area contributed by atoms with Crippen molar-refractivity contribution in [2.75, 3.05) is 44.2 Å². The summed E-state index contributed by atoms with van der Waals surface area (Å²) in [6.07, 6.45) is 0.689. The molecule has 41 heavy (non-hydrogen) atoms. The maximum atomic E-state index is 13.8. The number of anilines is 1. The molecule has 2 saturated heterocycles. The predicted octanol–water partition coefficient (Wildman–Crippen LogP) is 5.49. The predicted molar refractivity (Wildman–Crippen MR) is 155 cm³/mol. The summed E-state index contributed by atoms with van der Waals surface area (Å²) >= 11 is 6.39. The number of likely N-dealkylation sites (tertiary alicyclic amines) is 2. The summed E-state index contributed by atoms with van der Waals surface area (Å²) in [4.78, 5) is 41.5. The Bertz CT molecular complexity index is 1270. The van der Waals surface area contributed by atoms with E-state index in [1.165, 1.54) is 0 Å². The summed E-state index contributed by atoms with van der Waals surface area (Å²) < 4.78 is 27.5. The normalized spacial score (nSPS) is 22.7. The molecule has 2 aliphatic heterocycles. The number of amides is 2. The Kier molecular flexibility index (Phi) is 8.67. The number of fused-ring (bicyclic) bond motifs is 1. The van der Waals surface area contributed by atoms with E-state index < -0.39 is 11.8 Å². The van der Waals surface area contributed by atoms with E-state index >= 15 is 0 Å². The number of carbonyl (C=O) groups is 2. The molecule has 3 heterocycles. The second kappa shape index (κ2) is 11.9. The maximum Gasteiger partial charge on any atom is 0.257 e. The zero-order chi connectivity index (χ0) is 29.5. The van der Waals surface area contributed by atoms with Gasteiger partial charge in [0.05, 0.1) is 17.0 Å². The first kappa shape index (κ1) is 29.8. The number of halogens is 3. The standard InChI is InChI=1S/C31H39ClF2N5O2/c1-19-6-7-26(14-27(19)32)39(29(40)23-8-10-31(33,34)11-9-23)13-5-12-37-15-24-17-38(18-25(24)16-37)30(41)28-20(2)35-22(4)36-21(28)3/h6-7,14,23-25H,4-5,8-13,15-18H2,1-3H3. The average molecular weight is 587 g/mol. The van der Waals surface area contributed by atoms with Gasteiger partial charge in [-0.25, -0.2) is 18.7 Å². The molecule has 1 saturated carbocycles. The van der Waals surface area contributed by atoms with Crippen LogP contribution in [0.25, 0.3) is 0 Å².